The minimum atomic E-state index is -0.669. The second kappa shape index (κ2) is 8.00. The van der Waals surface area contributed by atoms with Gasteiger partial charge in [0.2, 0.25) is 11.6 Å². The summed E-state index contributed by atoms with van der Waals surface area (Å²) >= 11 is 0. The third-order valence-corrected chi connectivity index (χ3v) is 3.42. The van der Waals surface area contributed by atoms with Crippen molar-refractivity contribution in [3.8, 4) is 5.82 Å². The number of anilines is 1. The molecule has 0 fully saturated rings. The number of ether oxygens (including phenoxy) is 1. The summed E-state index contributed by atoms with van der Waals surface area (Å²) in [5.41, 5.74) is 8.63. The van der Waals surface area contributed by atoms with Gasteiger partial charge in [0.1, 0.15) is 5.69 Å². The summed E-state index contributed by atoms with van der Waals surface area (Å²) < 4.78 is 10.6. The van der Waals surface area contributed by atoms with Crippen molar-refractivity contribution in [3.05, 3.63) is 51.3 Å². The lowest BCUT2D eigenvalue weighted by atomic mass is 10.2. The highest BCUT2D eigenvalue weighted by atomic mass is 16.6. The lowest BCUT2D eigenvalue weighted by Crippen LogP contribution is -2.23. The Bertz CT molecular complexity index is 1020. The number of nitrogens with zero attached hydrogens (tertiary/aromatic N) is 7. The van der Waals surface area contributed by atoms with Crippen LogP contribution in [0.25, 0.3) is 5.82 Å². The molecule has 0 atom stereocenters. The van der Waals surface area contributed by atoms with Gasteiger partial charge in [0, 0.05) is 19.2 Å². The first-order valence-electron chi connectivity index (χ1n) is 7.61. The molecule has 0 saturated heterocycles. The number of carbonyl (C=O) groups excluding carboxylic acids is 1. The van der Waals surface area contributed by atoms with Crippen molar-refractivity contribution < 1.29 is 19.1 Å². The lowest BCUT2D eigenvalue weighted by molar-refractivity contribution is -0.384. The molecule has 3 rings (SSSR count). The molecule has 14 heteroatoms. The van der Waals surface area contributed by atoms with E-state index in [4.69, 9.17) is 10.5 Å². The highest BCUT2D eigenvalue weighted by Gasteiger charge is 2.24. The fraction of sp³-hybridized carbons (Fsp3) is 0.143. The number of carbonyl (C=O) groups is 1. The summed E-state index contributed by atoms with van der Waals surface area (Å²) in [5.74, 6) is -0.769. The van der Waals surface area contributed by atoms with Crippen molar-refractivity contribution in [3.63, 3.8) is 0 Å². The van der Waals surface area contributed by atoms with Crippen LogP contribution in [0.15, 0.2) is 34.0 Å². The van der Waals surface area contributed by atoms with Gasteiger partial charge >= 0.3 is 0 Å². The molecule has 0 spiro atoms. The number of nitrogen functional groups attached to an aromatic ring is 1. The maximum Gasteiger partial charge on any atom is 0.292 e. The molecule has 0 aliphatic heterocycles. The van der Waals surface area contributed by atoms with Gasteiger partial charge in [-0.25, -0.2) is 10.1 Å². The highest BCUT2D eigenvalue weighted by molar-refractivity contribution is 5.95. The van der Waals surface area contributed by atoms with E-state index in [1.165, 1.54) is 37.6 Å². The second-order valence-corrected chi connectivity index (χ2v) is 5.25. The Morgan fingerprint density at radius 2 is 2.18 bits per heavy atom. The van der Waals surface area contributed by atoms with Crippen LogP contribution in [0.4, 0.5) is 11.5 Å². The van der Waals surface area contributed by atoms with Crippen LogP contribution in [0.2, 0.25) is 0 Å². The van der Waals surface area contributed by atoms with E-state index in [0.717, 1.165) is 4.68 Å². The molecular formula is C14H13N9O5. The van der Waals surface area contributed by atoms with Crippen molar-refractivity contribution in [1.29, 1.82) is 0 Å². The molecule has 0 saturated carbocycles. The fourth-order valence-electron chi connectivity index (χ4n) is 2.16. The number of hydrazone groups is 1. The van der Waals surface area contributed by atoms with E-state index in [0.29, 0.717) is 5.56 Å². The van der Waals surface area contributed by atoms with E-state index in [1.807, 2.05) is 0 Å². The number of nitro benzene ring substituents is 1. The van der Waals surface area contributed by atoms with Crippen LogP contribution < -0.4 is 11.2 Å². The van der Waals surface area contributed by atoms with Gasteiger partial charge in [-0.15, -0.1) is 5.10 Å². The number of aromatic nitrogens is 5. The standard InChI is InChI=1S/C14H13N9O5/c1-27-7-10-11(22(21-17-10)13-12(15)19-28-20-13)14(24)18-16-6-8-2-4-9(5-3-8)23(25)26/h2-6H,7H2,1H3,(H2,15,19)(H,18,24)/b16-6+. The number of amides is 1. The van der Waals surface area contributed by atoms with Gasteiger partial charge in [-0.2, -0.15) is 9.78 Å². The van der Waals surface area contributed by atoms with Gasteiger partial charge in [0.25, 0.3) is 11.6 Å². The monoisotopic (exact) mass is 387 g/mol. The molecule has 14 nitrogen and oxygen atoms in total. The smallest absolute Gasteiger partial charge is 0.292 e. The Balaban J connectivity index is 1.80. The van der Waals surface area contributed by atoms with Gasteiger partial charge in [-0.1, -0.05) is 5.21 Å². The third kappa shape index (κ3) is 3.80. The van der Waals surface area contributed by atoms with E-state index in [2.05, 4.69) is 35.8 Å². The SMILES string of the molecule is COCc1nnn(-c2nonc2N)c1C(=O)N/N=C/c1ccc([N+](=O)[O-])cc1. The minimum Gasteiger partial charge on any atom is -0.378 e. The topological polar surface area (TPSA) is 189 Å². The van der Waals surface area contributed by atoms with Crippen LogP contribution in [-0.2, 0) is 11.3 Å². The largest absolute Gasteiger partial charge is 0.378 e. The number of nitrogens with one attached hydrogen (secondary N) is 1. The first-order chi connectivity index (χ1) is 13.5. The molecule has 0 aliphatic rings. The number of non-ortho nitro benzene ring substituents is 1. The molecular weight excluding hydrogens is 374 g/mol. The van der Waals surface area contributed by atoms with Crippen LogP contribution in [-0.4, -0.2) is 49.5 Å². The van der Waals surface area contributed by atoms with Crippen molar-refractivity contribution in [2.24, 2.45) is 5.10 Å². The predicted molar refractivity (Wildman–Crippen MR) is 92.5 cm³/mol. The van der Waals surface area contributed by atoms with E-state index < -0.39 is 10.8 Å². The maximum atomic E-state index is 12.6. The molecule has 2 aromatic heterocycles. The summed E-state index contributed by atoms with van der Waals surface area (Å²) in [6, 6.07) is 5.60. The zero-order valence-corrected chi connectivity index (χ0v) is 14.3. The summed E-state index contributed by atoms with van der Waals surface area (Å²) in [7, 11) is 1.43. The minimum absolute atomic E-state index is 0.00000500. The first kappa shape index (κ1) is 18.6. The van der Waals surface area contributed by atoms with Crippen LogP contribution in [0.3, 0.4) is 0 Å². The predicted octanol–water partition coefficient (Wildman–Crippen LogP) is 0.0510. The first-order valence-corrected chi connectivity index (χ1v) is 7.61. The van der Waals surface area contributed by atoms with E-state index in [-0.39, 0.29) is 35.3 Å². The molecule has 28 heavy (non-hydrogen) atoms. The Labute approximate surface area is 156 Å². The number of nitro groups is 1. The molecule has 2 heterocycles. The quantitative estimate of drug-likeness (QED) is 0.318. The Morgan fingerprint density at radius 3 is 2.79 bits per heavy atom. The van der Waals surface area contributed by atoms with Crippen molar-refractivity contribution in [2.45, 2.75) is 6.61 Å². The average molecular weight is 387 g/mol. The van der Waals surface area contributed by atoms with Gasteiger partial charge in [0.15, 0.2) is 5.69 Å². The summed E-state index contributed by atoms with van der Waals surface area (Å²) in [6.45, 7) is 0.00000500. The third-order valence-electron chi connectivity index (χ3n) is 3.42. The number of methoxy groups -OCH3 is 1. The van der Waals surface area contributed by atoms with Crippen LogP contribution in [0.5, 0.6) is 0 Å². The van der Waals surface area contributed by atoms with Crippen molar-refractivity contribution >= 4 is 23.6 Å². The number of hydrogen-bond donors (Lipinski definition) is 2. The van der Waals surface area contributed by atoms with Crippen molar-refractivity contribution in [1.82, 2.24) is 30.7 Å². The van der Waals surface area contributed by atoms with E-state index in [9.17, 15) is 14.9 Å². The number of nitrogens with two attached hydrogens (primary N) is 1. The Kier molecular flexibility index (Phi) is 5.31. The molecule has 0 unspecified atom stereocenters. The van der Waals surface area contributed by atoms with Gasteiger partial charge in [0.05, 0.1) is 17.7 Å². The fourth-order valence-corrected chi connectivity index (χ4v) is 2.16. The Hall–Kier alpha value is -4.20. The summed E-state index contributed by atoms with van der Waals surface area (Å²) in [4.78, 5) is 22.7. The molecule has 0 bridgehead atoms. The number of rotatable bonds is 7. The molecule has 1 amide bonds. The van der Waals surface area contributed by atoms with Gasteiger partial charge in [-0.3, -0.25) is 14.9 Å². The average Bonchev–Trinajstić information content (AvgIpc) is 3.28. The Morgan fingerprint density at radius 1 is 1.43 bits per heavy atom. The summed E-state index contributed by atoms with van der Waals surface area (Å²) in [5, 5.41) is 29.2. The van der Waals surface area contributed by atoms with Crippen molar-refractivity contribution in [2.75, 3.05) is 12.8 Å². The van der Waals surface area contributed by atoms with E-state index >= 15 is 0 Å². The molecule has 3 N–H and O–H groups in total. The maximum absolute atomic E-state index is 12.6. The van der Waals surface area contributed by atoms with Crippen LogP contribution in [0, 0.1) is 10.1 Å². The zero-order chi connectivity index (χ0) is 20.1. The molecule has 1 aromatic carbocycles. The van der Waals surface area contributed by atoms with Crippen LogP contribution >= 0.6 is 0 Å². The second-order valence-electron chi connectivity index (χ2n) is 5.25. The zero-order valence-electron chi connectivity index (χ0n) is 14.3. The molecule has 0 radical (unpaired) electrons. The van der Waals surface area contributed by atoms with Gasteiger partial charge < -0.3 is 10.5 Å². The molecule has 144 valence electrons. The number of hydrogen-bond acceptors (Lipinski definition) is 11. The molecule has 0 aliphatic carbocycles. The molecule has 3 aromatic rings. The highest BCUT2D eigenvalue weighted by Crippen LogP contribution is 2.16. The van der Waals surface area contributed by atoms with Gasteiger partial charge in [-0.05, 0) is 28.0 Å². The lowest BCUT2D eigenvalue weighted by Gasteiger charge is -2.04. The summed E-state index contributed by atoms with van der Waals surface area (Å²) in [6.07, 6.45) is 1.32. The van der Waals surface area contributed by atoms with E-state index in [1.54, 1.807) is 0 Å². The number of benzene rings is 1. The van der Waals surface area contributed by atoms with Crippen LogP contribution in [0.1, 0.15) is 21.7 Å². The normalized spacial score (nSPS) is 11.0.